The minimum Gasteiger partial charge on any atom is -0.474 e. The molecule has 2 rings (SSSR count). The van der Waals surface area contributed by atoms with E-state index in [2.05, 4.69) is 22.2 Å². The van der Waals surface area contributed by atoms with E-state index in [-0.39, 0.29) is 0 Å². The van der Waals surface area contributed by atoms with E-state index in [4.69, 9.17) is 4.74 Å². The molecule has 0 unspecified atom stereocenters. The second-order valence-electron chi connectivity index (χ2n) is 4.90. The second-order valence-corrected chi connectivity index (χ2v) is 4.90. The fourth-order valence-electron chi connectivity index (χ4n) is 2.40. The van der Waals surface area contributed by atoms with Gasteiger partial charge in [-0.15, -0.1) is 0 Å². The Hall–Kier alpha value is -1.32. The van der Waals surface area contributed by atoms with E-state index in [9.17, 15) is 0 Å². The first kappa shape index (κ1) is 13.1. The maximum Gasteiger partial charge on any atom is 0.222 e. The number of hydrogen-bond donors (Lipinski definition) is 1. The molecular formula is C14H23N3O. The van der Waals surface area contributed by atoms with Gasteiger partial charge in [-0.2, -0.15) is 4.98 Å². The van der Waals surface area contributed by atoms with Crippen molar-refractivity contribution in [1.29, 1.82) is 0 Å². The van der Waals surface area contributed by atoms with Gasteiger partial charge in [0.25, 0.3) is 0 Å². The van der Waals surface area contributed by atoms with Crippen LogP contribution in [-0.4, -0.2) is 23.1 Å². The van der Waals surface area contributed by atoms with E-state index in [1.807, 2.05) is 14.0 Å². The molecule has 1 heterocycles. The molecule has 0 radical (unpaired) electrons. The number of rotatable bonds is 4. The van der Waals surface area contributed by atoms with Gasteiger partial charge < -0.3 is 10.1 Å². The van der Waals surface area contributed by atoms with Crippen LogP contribution in [0.25, 0.3) is 0 Å². The van der Waals surface area contributed by atoms with Gasteiger partial charge >= 0.3 is 0 Å². The van der Waals surface area contributed by atoms with E-state index in [0.717, 1.165) is 42.3 Å². The summed E-state index contributed by atoms with van der Waals surface area (Å²) < 4.78 is 6.08. The average Bonchev–Trinajstić information content (AvgIpc) is 2.42. The Balaban J connectivity index is 2.19. The second kappa shape index (κ2) is 6.03. The highest BCUT2D eigenvalue weighted by Crippen LogP contribution is 2.27. The zero-order valence-electron chi connectivity index (χ0n) is 11.6. The molecule has 1 aromatic rings. The monoisotopic (exact) mass is 249 g/mol. The number of aryl methyl sites for hydroxylation is 1. The summed E-state index contributed by atoms with van der Waals surface area (Å²) in [6, 6.07) is 0. The zero-order valence-corrected chi connectivity index (χ0v) is 11.6. The van der Waals surface area contributed by atoms with Crippen molar-refractivity contribution in [2.24, 2.45) is 0 Å². The van der Waals surface area contributed by atoms with Crippen LogP contribution in [0.3, 0.4) is 0 Å². The van der Waals surface area contributed by atoms with E-state index >= 15 is 0 Å². The van der Waals surface area contributed by atoms with Crippen molar-refractivity contribution >= 4 is 5.82 Å². The lowest BCUT2D eigenvalue weighted by molar-refractivity contribution is 0.147. The largest absolute Gasteiger partial charge is 0.474 e. The molecule has 1 aliphatic carbocycles. The molecule has 1 aliphatic rings. The first-order valence-electron chi connectivity index (χ1n) is 6.96. The van der Waals surface area contributed by atoms with E-state index in [0.29, 0.717) is 6.10 Å². The molecule has 0 amide bonds. The molecule has 0 aliphatic heterocycles. The first-order valence-corrected chi connectivity index (χ1v) is 6.96. The van der Waals surface area contributed by atoms with Crippen molar-refractivity contribution in [2.45, 2.75) is 58.5 Å². The van der Waals surface area contributed by atoms with Crippen LogP contribution >= 0.6 is 0 Å². The molecular weight excluding hydrogens is 226 g/mol. The molecule has 0 atom stereocenters. The van der Waals surface area contributed by atoms with Gasteiger partial charge in [-0.1, -0.05) is 13.3 Å². The van der Waals surface area contributed by atoms with Crippen molar-refractivity contribution in [1.82, 2.24) is 9.97 Å². The van der Waals surface area contributed by atoms with Gasteiger partial charge in [-0.05, 0) is 32.6 Å². The van der Waals surface area contributed by atoms with Crippen LogP contribution in [0, 0.1) is 6.92 Å². The van der Waals surface area contributed by atoms with E-state index < -0.39 is 0 Å². The fraction of sp³-hybridized carbons (Fsp3) is 0.714. The van der Waals surface area contributed by atoms with Crippen molar-refractivity contribution in [3.05, 3.63) is 11.4 Å². The fourth-order valence-corrected chi connectivity index (χ4v) is 2.40. The Kier molecular flexibility index (Phi) is 4.39. The highest BCUT2D eigenvalue weighted by atomic mass is 16.5. The standard InChI is InChI=1S/C14H23N3O/c1-4-12-16-13(15-3)10(2)14(17-12)18-11-8-6-5-7-9-11/h11H,4-9H2,1-3H3,(H,15,16,17). The van der Waals surface area contributed by atoms with Crippen LogP contribution in [0.2, 0.25) is 0 Å². The van der Waals surface area contributed by atoms with Crippen molar-refractivity contribution in [3.63, 3.8) is 0 Å². The molecule has 0 saturated heterocycles. The number of aromatic nitrogens is 2. The van der Waals surface area contributed by atoms with Gasteiger partial charge in [-0.25, -0.2) is 4.98 Å². The number of nitrogens with zero attached hydrogens (tertiary/aromatic N) is 2. The third-order valence-corrected chi connectivity index (χ3v) is 3.53. The number of ether oxygens (including phenoxy) is 1. The van der Waals surface area contributed by atoms with Crippen molar-refractivity contribution in [2.75, 3.05) is 12.4 Å². The smallest absolute Gasteiger partial charge is 0.222 e. The lowest BCUT2D eigenvalue weighted by Gasteiger charge is -2.23. The summed E-state index contributed by atoms with van der Waals surface area (Å²) in [4.78, 5) is 8.98. The lowest BCUT2D eigenvalue weighted by Crippen LogP contribution is -2.21. The van der Waals surface area contributed by atoms with E-state index in [1.165, 1.54) is 19.3 Å². The summed E-state index contributed by atoms with van der Waals surface area (Å²) in [5, 5.41) is 3.12. The summed E-state index contributed by atoms with van der Waals surface area (Å²) in [5.74, 6) is 2.49. The number of hydrogen-bond acceptors (Lipinski definition) is 4. The van der Waals surface area contributed by atoms with Crippen LogP contribution in [0.15, 0.2) is 0 Å². The SMILES string of the molecule is CCc1nc(NC)c(C)c(OC2CCCCC2)n1. The van der Waals surface area contributed by atoms with Gasteiger partial charge in [0.05, 0.1) is 5.56 Å². The molecule has 0 bridgehead atoms. The third kappa shape index (κ3) is 2.92. The minimum absolute atomic E-state index is 0.335. The maximum atomic E-state index is 6.08. The molecule has 4 heteroatoms. The maximum absolute atomic E-state index is 6.08. The number of anilines is 1. The van der Waals surface area contributed by atoms with Gasteiger partial charge in [-0.3, -0.25) is 0 Å². The minimum atomic E-state index is 0.335. The lowest BCUT2D eigenvalue weighted by atomic mass is 9.98. The molecule has 1 fully saturated rings. The van der Waals surface area contributed by atoms with Crippen LogP contribution in [0.4, 0.5) is 5.82 Å². The Morgan fingerprint density at radius 1 is 1.22 bits per heavy atom. The van der Waals surface area contributed by atoms with Gasteiger partial charge in [0.2, 0.25) is 5.88 Å². The quantitative estimate of drug-likeness (QED) is 0.890. The summed E-state index contributed by atoms with van der Waals surface area (Å²) in [6.45, 7) is 4.08. The molecule has 4 nitrogen and oxygen atoms in total. The predicted molar refractivity (Wildman–Crippen MR) is 73.2 cm³/mol. The highest BCUT2D eigenvalue weighted by Gasteiger charge is 2.18. The molecule has 0 aromatic carbocycles. The molecule has 1 aromatic heterocycles. The molecule has 1 saturated carbocycles. The van der Waals surface area contributed by atoms with Crippen LogP contribution in [0.5, 0.6) is 5.88 Å². The molecule has 100 valence electrons. The first-order chi connectivity index (χ1) is 8.74. The summed E-state index contributed by atoms with van der Waals surface area (Å²) in [6.07, 6.45) is 7.35. The van der Waals surface area contributed by atoms with Crippen molar-refractivity contribution < 1.29 is 4.74 Å². The van der Waals surface area contributed by atoms with Gasteiger partial charge in [0.1, 0.15) is 17.7 Å². The zero-order chi connectivity index (χ0) is 13.0. The molecule has 18 heavy (non-hydrogen) atoms. The predicted octanol–water partition coefficient (Wildman–Crippen LogP) is 3.10. The molecule has 0 spiro atoms. The topological polar surface area (TPSA) is 47.0 Å². The summed E-state index contributed by atoms with van der Waals surface area (Å²) in [7, 11) is 1.89. The third-order valence-electron chi connectivity index (χ3n) is 3.53. The van der Waals surface area contributed by atoms with Crippen molar-refractivity contribution in [3.8, 4) is 5.88 Å². The normalized spacial score (nSPS) is 16.6. The van der Waals surface area contributed by atoms with Crippen LogP contribution in [-0.2, 0) is 6.42 Å². The Morgan fingerprint density at radius 2 is 1.94 bits per heavy atom. The summed E-state index contributed by atoms with van der Waals surface area (Å²) in [5.41, 5.74) is 1.01. The Bertz CT molecular complexity index is 400. The van der Waals surface area contributed by atoms with Gasteiger partial charge in [0, 0.05) is 13.5 Å². The Morgan fingerprint density at radius 3 is 2.56 bits per heavy atom. The van der Waals surface area contributed by atoms with Crippen LogP contribution < -0.4 is 10.1 Å². The van der Waals surface area contributed by atoms with Crippen LogP contribution in [0.1, 0.15) is 50.4 Å². The van der Waals surface area contributed by atoms with E-state index in [1.54, 1.807) is 0 Å². The Labute approximate surface area is 109 Å². The number of nitrogens with one attached hydrogen (secondary N) is 1. The highest BCUT2D eigenvalue weighted by molar-refractivity contribution is 5.48. The van der Waals surface area contributed by atoms with Gasteiger partial charge in [0.15, 0.2) is 0 Å². The summed E-state index contributed by atoms with van der Waals surface area (Å²) >= 11 is 0. The molecule has 1 N–H and O–H groups in total. The average molecular weight is 249 g/mol.